The first-order valence-electron chi connectivity index (χ1n) is 4.20. The predicted molar refractivity (Wildman–Crippen MR) is 57.9 cm³/mol. The van der Waals surface area contributed by atoms with Crippen LogP contribution in [0.5, 0.6) is 0 Å². The van der Waals surface area contributed by atoms with Gasteiger partial charge in [-0.15, -0.1) is 5.10 Å². The van der Waals surface area contributed by atoms with Crippen molar-refractivity contribution in [2.24, 2.45) is 0 Å². The first-order valence-corrected chi connectivity index (χ1v) is 4.58. The molecule has 0 saturated carbocycles. The smallest absolute Gasteiger partial charge is 0.281 e. The highest BCUT2D eigenvalue weighted by atomic mass is 35.5. The van der Waals surface area contributed by atoms with E-state index in [1.54, 1.807) is 0 Å². The van der Waals surface area contributed by atoms with E-state index in [4.69, 9.17) is 17.3 Å². The lowest BCUT2D eigenvalue weighted by Crippen LogP contribution is -1.94. The van der Waals surface area contributed by atoms with Gasteiger partial charge in [0.1, 0.15) is 5.56 Å². The van der Waals surface area contributed by atoms with Crippen LogP contribution in [0.15, 0.2) is 18.2 Å². The number of nitrogens with one attached hydrogen (secondary N) is 1. The number of nitro benzene ring substituents is 1. The molecule has 1 heterocycles. The normalized spacial score (nSPS) is 10.3. The molecule has 0 aliphatic rings. The molecule has 0 fully saturated rings. The molecule has 1 aromatic carbocycles. The number of hydrogen-bond donors (Lipinski definition) is 2. The van der Waals surface area contributed by atoms with E-state index in [1.807, 2.05) is 0 Å². The number of H-pyrrole nitrogens is 1. The molecule has 2 aromatic rings. The number of nitrogens with zero attached hydrogens (tertiary/aromatic N) is 3. The molecule has 0 aliphatic heterocycles. The van der Waals surface area contributed by atoms with E-state index >= 15 is 0 Å². The first kappa shape index (κ1) is 10.4. The highest BCUT2D eigenvalue weighted by Crippen LogP contribution is 2.33. The van der Waals surface area contributed by atoms with Crippen LogP contribution in [-0.4, -0.2) is 20.1 Å². The Balaban J connectivity index is 2.67. The monoisotopic (exact) mass is 239 g/mol. The Bertz CT molecular complexity index is 553. The molecule has 0 bridgehead atoms. The Morgan fingerprint density at radius 2 is 2.25 bits per heavy atom. The van der Waals surface area contributed by atoms with Crippen molar-refractivity contribution in [2.75, 3.05) is 5.73 Å². The maximum atomic E-state index is 10.8. The summed E-state index contributed by atoms with van der Waals surface area (Å²) in [6.07, 6.45) is 0. The lowest BCUT2D eigenvalue weighted by atomic mass is 10.1. The zero-order chi connectivity index (χ0) is 11.7. The van der Waals surface area contributed by atoms with Crippen LogP contribution in [0.4, 0.5) is 11.6 Å². The summed E-state index contributed by atoms with van der Waals surface area (Å²) in [6, 6.07) is 4.35. The zero-order valence-corrected chi connectivity index (χ0v) is 8.60. The molecule has 3 N–H and O–H groups in total. The van der Waals surface area contributed by atoms with Crippen molar-refractivity contribution in [2.45, 2.75) is 0 Å². The average Bonchev–Trinajstić information content (AvgIpc) is 2.64. The quantitative estimate of drug-likeness (QED) is 0.611. The third-order valence-corrected chi connectivity index (χ3v) is 2.24. The van der Waals surface area contributed by atoms with Crippen molar-refractivity contribution < 1.29 is 4.92 Å². The molecule has 0 atom stereocenters. The van der Waals surface area contributed by atoms with Crippen LogP contribution in [0.1, 0.15) is 0 Å². The lowest BCUT2D eigenvalue weighted by molar-refractivity contribution is -0.384. The fraction of sp³-hybridized carbons (Fsp3) is 0. The number of aromatic amines is 1. The second-order valence-electron chi connectivity index (χ2n) is 2.93. The maximum Gasteiger partial charge on any atom is 0.281 e. The van der Waals surface area contributed by atoms with Crippen molar-refractivity contribution >= 4 is 23.2 Å². The van der Waals surface area contributed by atoms with Gasteiger partial charge in [-0.1, -0.05) is 17.7 Å². The summed E-state index contributed by atoms with van der Waals surface area (Å²) in [4.78, 5) is 14.1. The van der Waals surface area contributed by atoms with E-state index in [-0.39, 0.29) is 28.0 Å². The Hall–Kier alpha value is -2.15. The van der Waals surface area contributed by atoms with E-state index in [1.165, 1.54) is 18.2 Å². The van der Waals surface area contributed by atoms with Gasteiger partial charge in [0.25, 0.3) is 5.69 Å². The van der Waals surface area contributed by atoms with Crippen LogP contribution < -0.4 is 5.73 Å². The van der Waals surface area contributed by atoms with Gasteiger partial charge in [0.15, 0.2) is 5.82 Å². The molecule has 8 heteroatoms. The van der Waals surface area contributed by atoms with Gasteiger partial charge in [-0.25, -0.2) is 0 Å². The summed E-state index contributed by atoms with van der Waals surface area (Å²) in [7, 11) is 0. The zero-order valence-electron chi connectivity index (χ0n) is 7.85. The molecular formula is C8H6ClN5O2. The summed E-state index contributed by atoms with van der Waals surface area (Å²) in [6.45, 7) is 0. The molecule has 82 valence electrons. The number of nitrogen functional groups attached to an aromatic ring is 1. The van der Waals surface area contributed by atoms with Gasteiger partial charge >= 0.3 is 0 Å². The fourth-order valence-electron chi connectivity index (χ4n) is 1.29. The van der Waals surface area contributed by atoms with Crippen LogP contribution >= 0.6 is 11.6 Å². The van der Waals surface area contributed by atoms with Gasteiger partial charge in [-0.3, -0.25) is 15.2 Å². The number of hydrogen-bond acceptors (Lipinski definition) is 5. The van der Waals surface area contributed by atoms with E-state index in [2.05, 4.69) is 15.2 Å². The molecule has 1 aromatic heterocycles. The average molecular weight is 240 g/mol. The third kappa shape index (κ3) is 1.68. The van der Waals surface area contributed by atoms with E-state index in [0.29, 0.717) is 0 Å². The Kier molecular flexibility index (Phi) is 2.45. The van der Waals surface area contributed by atoms with Gasteiger partial charge < -0.3 is 5.73 Å². The van der Waals surface area contributed by atoms with E-state index in [0.717, 1.165) is 0 Å². The van der Waals surface area contributed by atoms with E-state index in [9.17, 15) is 10.1 Å². The number of rotatable bonds is 2. The predicted octanol–water partition coefficient (Wildman–Crippen LogP) is 1.62. The van der Waals surface area contributed by atoms with Crippen LogP contribution in [0.25, 0.3) is 11.4 Å². The minimum absolute atomic E-state index is 0.00391. The van der Waals surface area contributed by atoms with Gasteiger partial charge in [-0.05, 0) is 6.07 Å². The van der Waals surface area contributed by atoms with Crippen molar-refractivity contribution in [3.05, 3.63) is 33.3 Å². The third-order valence-electron chi connectivity index (χ3n) is 1.93. The van der Waals surface area contributed by atoms with Gasteiger partial charge in [0.05, 0.1) is 9.95 Å². The number of nitrogens with two attached hydrogens (primary N) is 1. The van der Waals surface area contributed by atoms with Gasteiger partial charge in [0, 0.05) is 6.07 Å². The second kappa shape index (κ2) is 3.78. The number of anilines is 1. The van der Waals surface area contributed by atoms with E-state index < -0.39 is 4.92 Å². The molecule has 2 rings (SSSR count). The topological polar surface area (TPSA) is 111 Å². The molecule has 7 nitrogen and oxygen atoms in total. The molecule has 0 unspecified atom stereocenters. The summed E-state index contributed by atoms with van der Waals surface area (Å²) < 4.78 is 0. The van der Waals surface area contributed by atoms with Gasteiger partial charge in [-0.2, -0.15) is 4.98 Å². The van der Waals surface area contributed by atoms with Crippen LogP contribution in [0, 0.1) is 10.1 Å². The maximum absolute atomic E-state index is 10.8. The summed E-state index contributed by atoms with van der Waals surface area (Å²) in [5.41, 5.74) is 5.36. The molecule has 0 spiro atoms. The minimum atomic E-state index is -0.542. The Morgan fingerprint density at radius 3 is 2.81 bits per heavy atom. The number of benzene rings is 1. The van der Waals surface area contributed by atoms with Gasteiger partial charge in [0.2, 0.25) is 5.95 Å². The standard InChI is InChI=1S/C8H6ClN5O2/c9-4-2-1-3-5(14(15)16)6(4)7-11-8(10)13-12-7/h1-3H,(H3,10,11,12,13). The van der Waals surface area contributed by atoms with Crippen LogP contribution in [0.3, 0.4) is 0 Å². The molecule has 0 aliphatic carbocycles. The largest absolute Gasteiger partial charge is 0.366 e. The summed E-state index contributed by atoms with van der Waals surface area (Å²) in [5, 5.41) is 17.1. The lowest BCUT2D eigenvalue weighted by Gasteiger charge is -2.00. The Labute approximate surface area is 94.4 Å². The van der Waals surface area contributed by atoms with Crippen LogP contribution in [-0.2, 0) is 0 Å². The summed E-state index contributed by atoms with van der Waals surface area (Å²) >= 11 is 5.88. The van der Waals surface area contributed by atoms with Crippen molar-refractivity contribution in [1.29, 1.82) is 0 Å². The first-order chi connectivity index (χ1) is 7.59. The number of nitro groups is 1. The van der Waals surface area contributed by atoms with Crippen LogP contribution in [0.2, 0.25) is 5.02 Å². The molecule has 0 saturated heterocycles. The Morgan fingerprint density at radius 1 is 1.50 bits per heavy atom. The van der Waals surface area contributed by atoms with Crippen molar-refractivity contribution in [3.8, 4) is 11.4 Å². The van der Waals surface area contributed by atoms with Crippen molar-refractivity contribution in [3.63, 3.8) is 0 Å². The SMILES string of the molecule is Nc1n[nH]c(-c2c(Cl)cccc2[N+](=O)[O-])n1. The number of aromatic nitrogens is 3. The minimum Gasteiger partial charge on any atom is -0.366 e. The van der Waals surface area contributed by atoms with Crippen molar-refractivity contribution in [1.82, 2.24) is 15.2 Å². The fourth-order valence-corrected chi connectivity index (χ4v) is 1.54. The molecular weight excluding hydrogens is 234 g/mol. The summed E-state index contributed by atoms with van der Waals surface area (Å²) in [5.74, 6) is 0.180. The molecule has 0 amide bonds. The molecule has 16 heavy (non-hydrogen) atoms. The molecule has 0 radical (unpaired) electrons. The highest BCUT2D eigenvalue weighted by Gasteiger charge is 2.20. The number of halogens is 1. The highest BCUT2D eigenvalue weighted by molar-refractivity contribution is 6.33. The second-order valence-corrected chi connectivity index (χ2v) is 3.34.